The first kappa shape index (κ1) is 32.6. The SMILES string of the molecule is BB(B)B(B)B(B(I)B(B(B(B)B)B(B)B)B(B(B)B)B(B)B)B(B(B)B)B(B)B. The van der Waals surface area contributed by atoms with Crippen LogP contribution in [-0.4, -0.2) is 203 Å². The number of hydrogen-bond acceptors (Lipinski definition) is 0. The van der Waals surface area contributed by atoms with Crippen molar-refractivity contribution in [2.45, 2.75) is 0 Å². The first-order valence-electron chi connectivity index (χ1n) is 13.2. The molecule has 0 aliphatic carbocycles. The lowest BCUT2D eigenvalue weighted by Crippen LogP contribution is -2.84. The van der Waals surface area contributed by atoms with Gasteiger partial charge < -0.3 is 0 Å². The van der Waals surface area contributed by atoms with Crippen molar-refractivity contribution in [2.24, 2.45) is 0 Å². The van der Waals surface area contributed by atoms with Gasteiger partial charge in [-0.15, -0.1) is 0 Å². The smallest absolute Gasteiger partial charge is 0.120 e. The fourth-order valence-corrected chi connectivity index (χ4v) is 9.30. The molecule has 124 valence electrons. The van der Waals surface area contributed by atoms with Gasteiger partial charge in [-0.05, 0) is 0 Å². The zero-order chi connectivity index (χ0) is 24.1. The van der Waals surface area contributed by atoms with Crippen LogP contribution in [0.3, 0.4) is 0 Å². The summed E-state index contributed by atoms with van der Waals surface area (Å²) in [5, 5.41) is 0. The topological polar surface area (TPSA) is 0 Å². The number of rotatable bonds is 13. The monoisotopic (exact) mass is 476 g/mol. The van der Waals surface area contributed by atoms with Gasteiger partial charge in [0, 0.05) is 83.0 Å². The molecule has 0 rings (SSSR count). The van der Waals surface area contributed by atoms with E-state index < -0.39 is 0 Å². The molecule has 0 aliphatic heterocycles. The minimum Gasteiger partial charge on any atom is -0.173 e. The Morgan fingerprint density at radius 1 is 0.300 bits per heavy atom. The largest absolute Gasteiger partial charge is 0.173 e. The summed E-state index contributed by atoms with van der Waals surface area (Å²) < 4.78 is 0.722. The van der Waals surface area contributed by atoms with Crippen LogP contribution < -0.4 is 0 Å². The molecule has 0 aromatic rings. The fraction of sp³-hybridized carbons (Fsp3) is 0. The van der Waals surface area contributed by atoms with Crippen molar-refractivity contribution in [3.63, 3.8) is 0 Å². The highest BCUT2D eigenvalue weighted by Gasteiger charge is 2.52. The maximum Gasteiger partial charge on any atom is 0.120 e. The van der Waals surface area contributed by atoms with E-state index in [2.05, 4.69) is 138 Å². The molecule has 0 amide bonds. The van der Waals surface area contributed by atoms with Crippen molar-refractivity contribution >= 4 is 226 Å². The minimum absolute atomic E-state index is 0.722. The molecule has 0 unspecified atom stereocenters. The van der Waals surface area contributed by atoms with Gasteiger partial charge in [0.1, 0.15) is 4.35 Å². The third-order valence-electron chi connectivity index (χ3n) is 8.35. The summed E-state index contributed by atoms with van der Waals surface area (Å²) in [4.78, 5) is 0. The van der Waals surface area contributed by atoms with Crippen molar-refractivity contribution < 1.29 is 0 Å². The second kappa shape index (κ2) is 14.9. The average Bonchev–Trinajstić information content (AvgIpc) is 2.55. The van der Waals surface area contributed by atoms with Crippen molar-refractivity contribution in [2.75, 3.05) is 0 Å². The maximum atomic E-state index is 2.96. The first-order chi connectivity index (χ1) is 13.6. The second-order valence-electron chi connectivity index (χ2n) is 12.9. The maximum absolute atomic E-state index is 2.96. The lowest BCUT2D eigenvalue weighted by atomic mass is 8.38. The third kappa shape index (κ3) is 9.00. The Bertz CT molecular complexity index is 401. The first-order valence-corrected chi connectivity index (χ1v) is 14.5. The molecule has 30 heteroatoms. The summed E-state index contributed by atoms with van der Waals surface area (Å²) in [7, 11) is 37.3. The van der Waals surface area contributed by atoms with E-state index in [1.807, 2.05) is 0 Å². The molecule has 0 nitrogen and oxygen atoms in total. The zero-order valence-electron chi connectivity index (χ0n) is 23.5. The van der Waals surface area contributed by atoms with Crippen molar-refractivity contribution in [1.29, 1.82) is 0 Å². The molecule has 0 aromatic heterocycles. The Morgan fingerprint density at radius 3 is 0.733 bits per heavy atom. The Labute approximate surface area is 224 Å². The summed E-state index contributed by atoms with van der Waals surface area (Å²) >= 11 is 2.96. The van der Waals surface area contributed by atoms with Gasteiger partial charge in [-0.25, -0.2) is 0 Å². The van der Waals surface area contributed by atoms with Gasteiger partial charge in [-0.2, -0.15) is 22.4 Å². The summed E-state index contributed by atoms with van der Waals surface area (Å²) in [6.45, 7) is 0. The van der Waals surface area contributed by atoms with Crippen LogP contribution >= 0.6 is 22.4 Å². The molecule has 0 bridgehead atoms. The van der Waals surface area contributed by atoms with Crippen LogP contribution in [0.1, 0.15) is 0 Å². The van der Waals surface area contributed by atoms with E-state index in [1.54, 1.807) is 0 Å². The predicted molar refractivity (Wildman–Crippen MR) is 223 cm³/mol. The molecule has 0 aromatic carbocycles. The normalized spacial score (nSPS) is 9.50. The molecule has 0 heterocycles. The van der Waals surface area contributed by atoms with Crippen LogP contribution in [0, 0.1) is 0 Å². The van der Waals surface area contributed by atoms with Crippen LogP contribution in [-0.2, 0) is 0 Å². The minimum atomic E-state index is 0.722. The van der Waals surface area contributed by atoms with Gasteiger partial charge in [0.05, 0.1) is 116 Å². The molecule has 0 atom stereocenters. The Kier molecular flexibility index (Phi) is 16.2. The third-order valence-corrected chi connectivity index (χ3v) is 10.0. The van der Waals surface area contributed by atoms with E-state index >= 15 is 0 Å². The van der Waals surface area contributed by atoms with Crippen molar-refractivity contribution in [3.8, 4) is 0 Å². The highest BCUT2D eigenvalue weighted by molar-refractivity contribution is 14.1. The summed E-state index contributed by atoms with van der Waals surface area (Å²) in [6.07, 6.45) is 9.80. The van der Waals surface area contributed by atoms with Crippen LogP contribution in [0.4, 0.5) is 0 Å². The quantitative estimate of drug-likeness (QED) is 0.185. The van der Waals surface area contributed by atoms with E-state index in [0.29, 0.717) is 0 Å². The van der Waals surface area contributed by atoms with Gasteiger partial charge in [0.2, 0.25) is 0 Å². The average molecular weight is 471 g/mol. The summed E-state index contributed by atoms with van der Waals surface area (Å²) in [6, 6.07) is 0. The highest BCUT2D eigenvalue weighted by atomic mass is 127. The van der Waals surface area contributed by atoms with Crippen LogP contribution in [0.15, 0.2) is 0 Å². The fourth-order valence-electron chi connectivity index (χ4n) is 7.21. The van der Waals surface area contributed by atoms with Gasteiger partial charge >= 0.3 is 0 Å². The molecule has 0 radical (unpaired) electrons. The van der Waals surface area contributed by atoms with Crippen LogP contribution in [0.25, 0.3) is 0 Å². The van der Waals surface area contributed by atoms with Crippen LogP contribution in [0.5, 0.6) is 0 Å². The predicted octanol–water partition coefficient (Wildman–Crippen LogP) is -18.2. The highest BCUT2D eigenvalue weighted by Crippen LogP contribution is 2.17. The van der Waals surface area contributed by atoms with Gasteiger partial charge in [-0.1, -0.05) is 0 Å². The Balaban J connectivity index is 6.74. The van der Waals surface area contributed by atoms with Crippen molar-refractivity contribution in [3.05, 3.63) is 0 Å². The van der Waals surface area contributed by atoms with E-state index in [9.17, 15) is 0 Å². The summed E-state index contributed by atoms with van der Waals surface area (Å²) in [5.41, 5.74) is 0. The van der Waals surface area contributed by atoms with Gasteiger partial charge in [-0.3, -0.25) is 0 Å². The summed E-state index contributed by atoms with van der Waals surface area (Å²) in [5.74, 6) is 0. The Morgan fingerprint density at radius 2 is 0.533 bits per heavy atom. The molecule has 0 aliphatic rings. The van der Waals surface area contributed by atoms with Crippen molar-refractivity contribution in [1.82, 2.24) is 0 Å². The van der Waals surface area contributed by atoms with E-state index in [0.717, 1.165) is 87.4 Å². The standard InChI is InChI=1S/B29H30I/c1-16(2)23(15)27(24(17(3)4)18(5)6)29(30)28(25(19(7)8)20(9)10)26(21(11)12)22(13)14/h1-15H2. The molecule has 0 N–H and O–H groups in total. The lowest BCUT2D eigenvalue weighted by Gasteiger charge is -2.45. The molecule has 0 fully saturated rings. The molecule has 0 spiro atoms. The van der Waals surface area contributed by atoms with E-state index in [1.165, 1.54) is 0 Å². The van der Waals surface area contributed by atoms with E-state index in [-0.39, 0.29) is 0 Å². The molecule has 0 saturated heterocycles. The van der Waals surface area contributed by atoms with Gasteiger partial charge in [0.25, 0.3) is 0 Å². The number of hydrogen-bond donors (Lipinski definition) is 0. The van der Waals surface area contributed by atoms with E-state index in [4.69, 9.17) is 0 Å². The number of halogens is 1. The molecular weight excluding hydrogens is 440 g/mol. The second-order valence-corrected chi connectivity index (χ2v) is 14.3. The lowest BCUT2D eigenvalue weighted by molar-refractivity contribution is 3.31. The van der Waals surface area contributed by atoms with Gasteiger partial charge in [0.15, 0.2) is 0 Å². The molecular formula is H30B29I. The van der Waals surface area contributed by atoms with Crippen LogP contribution in [0.2, 0.25) is 0 Å². The zero-order valence-corrected chi connectivity index (χ0v) is 25.6. The molecule has 30 heavy (non-hydrogen) atoms. The molecule has 0 saturated carbocycles. The Hall–Kier alpha value is 2.61.